The molecule has 0 saturated heterocycles. The zero-order valence-corrected chi connectivity index (χ0v) is 9.15. The zero-order valence-electron chi connectivity index (χ0n) is 9.15. The van der Waals surface area contributed by atoms with Crippen LogP contribution in [0.1, 0.15) is 19.8 Å². The van der Waals surface area contributed by atoms with Gasteiger partial charge in [-0.1, -0.05) is 18.1 Å². The molecule has 0 N–H and O–H groups in total. The van der Waals surface area contributed by atoms with Crippen LogP contribution in [0, 0.1) is 30.1 Å². The van der Waals surface area contributed by atoms with Crippen molar-refractivity contribution in [1.82, 2.24) is 4.90 Å². The highest BCUT2D eigenvalue weighted by Crippen LogP contribution is 2.44. The van der Waals surface area contributed by atoms with Gasteiger partial charge in [-0.05, 0) is 31.6 Å². The van der Waals surface area contributed by atoms with E-state index < -0.39 is 0 Å². The van der Waals surface area contributed by atoms with Crippen LogP contribution in [-0.4, -0.2) is 23.9 Å². The lowest BCUT2D eigenvalue weighted by molar-refractivity contribution is -0.135. The van der Waals surface area contributed by atoms with Gasteiger partial charge in [0.05, 0.1) is 6.54 Å². The van der Waals surface area contributed by atoms with Crippen LogP contribution in [-0.2, 0) is 4.79 Å². The molecule has 0 aromatic rings. The van der Waals surface area contributed by atoms with Crippen molar-refractivity contribution in [3.63, 3.8) is 0 Å². The first-order chi connectivity index (χ1) is 7.26. The Hall–Kier alpha value is -1.23. The largest absolute Gasteiger partial charge is 0.332 e. The minimum Gasteiger partial charge on any atom is -0.332 e. The lowest BCUT2D eigenvalue weighted by Crippen LogP contribution is -2.37. The number of nitrogens with zero attached hydrogens (tertiary/aromatic N) is 1. The number of carbonyl (C=O) groups is 1. The molecule has 80 valence electrons. The first-order valence-corrected chi connectivity index (χ1v) is 5.66. The Morgan fingerprint density at radius 2 is 2.33 bits per heavy atom. The van der Waals surface area contributed by atoms with E-state index in [2.05, 4.69) is 18.1 Å². The van der Waals surface area contributed by atoms with E-state index in [1.807, 2.05) is 6.92 Å². The van der Waals surface area contributed by atoms with E-state index in [0.717, 1.165) is 13.0 Å². The van der Waals surface area contributed by atoms with Crippen LogP contribution in [0.5, 0.6) is 0 Å². The van der Waals surface area contributed by atoms with Gasteiger partial charge in [0.1, 0.15) is 0 Å². The predicted octanol–water partition coefficient (Wildman–Crippen LogP) is 1.68. The smallest absolute Gasteiger partial charge is 0.227 e. The third kappa shape index (κ3) is 1.79. The van der Waals surface area contributed by atoms with E-state index in [1.165, 1.54) is 6.42 Å². The Balaban J connectivity index is 2.02. The fraction of sp³-hybridized carbons (Fsp3) is 0.615. The van der Waals surface area contributed by atoms with Gasteiger partial charge in [0.2, 0.25) is 5.91 Å². The van der Waals surface area contributed by atoms with Gasteiger partial charge in [0.15, 0.2) is 0 Å². The molecule has 15 heavy (non-hydrogen) atoms. The van der Waals surface area contributed by atoms with E-state index in [-0.39, 0.29) is 11.8 Å². The molecule has 2 nitrogen and oxygen atoms in total. The second-order valence-electron chi connectivity index (χ2n) is 4.44. The fourth-order valence-corrected chi connectivity index (χ4v) is 2.75. The molecule has 0 aromatic carbocycles. The highest BCUT2D eigenvalue weighted by molar-refractivity contribution is 5.80. The van der Waals surface area contributed by atoms with E-state index in [1.54, 1.807) is 4.90 Å². The summed E-state index contributed by atoms with van der Waals surface area (Å²) in [5, 5.41) is 0. The van der Waals surface area contributed by atoms with Crippen molar-refractivity contribution in [1.29, 1.82) is 0 Å². The minimum absolute atomic E-state index is 0.202. The lowest BCUT2D eigenvalue weighted by Gasteiger charge is -2.25. The molecule has 3 atom stereocenters. The Kier molecular flexibility index (Phi) is 2.81. The van der Waals surface area contributed by atoms with Crippen molar-refractivity contribution in [3.05, 3.63) is 12.2 Å². The van der Waals surface area contributed by atoms with E-state index >= 15 is 0 Å². The number of fused-ring (bicyclic) bond motifs is 2. The second kappa shape index (κ2) is 4.10. The molecule has 2 rings (SSSR count). The molecule has 2 aliphatic rings. The van der Waals surface area contributed by atoms with Crippen molar-refractivity contribution in [3.8, 4) is 12.3 Å². The van der Waals surface area contributed by atoms with Crippen LogP contribution >= 0.6 is 0 Å². The number of amides is 1. The highest BCUT2D eigenvalue weighted by Gasteiger charge is 2.40. The van der Waals surface area contributed by atoms with Gasteiger partial charge < -0.3 is 4.90 Å². The number of terminal acetylenes is 1. The second-order valence-corrected chi connectivity index (χ2v) is 4.44. The van der Waals surface area contributed by atoms with Gasteiger partial charge >= 0.3 is 0 Å². The molecule has 2 bridgehead atoms. The first kappa shape index (κ1) is 10.3. The third-order valence-electron chi connectivity index (χ3n) is 3.57. The Labute approximate surface area is 91.3 Å². The summed E-state index contributed by atoms with van der Waals surface area (Å²) in [5.74, 6) is 4.14. The Bertz CT molecular complexity index is 326. The van der Waals surface area contributed by atoms with Crippen molar-refractivity contribution >= 4 is 5.91 Å². The maximum atomic E-state index is 12.2. The monoisotopic (exact) mass is 203 g/mol. The summed E-state index contributed by atoms with van der Waals surface area (Å²) in [6, 6.07) is 0. The lowest BCUT2D eigenvalue weighted by atomic mass is 9.92. The standard InChI is InChI=1S/C13H17NO/c1-3-7-14(4-2)13(15)12-9-10-5-6-11(12)8-10/h1,5-6,10-12H,4,7-9H2,2H3. The maximum Gasteiger partial charge on any atom is 0.227 e. The first-order valence-electron chi connectivity index (χ1n) is 5.66. The van der Waals surface area contributed by atoms with Crippen LogP contribution in [0.15, 0.2) is 12.2 Å². The molecule has 0 aromatic heterocycles. The van der Waals surface area contributed by atoms with Crippen molar-refractivity contribution in [2.75, 3.05) is 13.1 Å². The van der Waals surface area contributed by atoms with Crippen molar-refractivity contribution in [2.45, 2.75) is 19.8 Å². The number of carbonyl (C=O) groups excluding carboxylic acids is 1. The van der Waals surface area contributed by atoms with Gasteiger partial charge in [0.25, 0.3) is 0 Å². The van der Waals surface area contributed by atoms with Gasteiger partial charge in [-0.2, -0.15) is 0 Å². The molecule has 0 spiro atoms. The molecule has 0 radical (unpaired) electrons. The van der Waals surface area contributed by atoms with Crippen molar-refractivity contribution < 1.29 is 4.79 Å². The molecule has 0 aliphatic heterocycles. The van der Waals surface area contributed by atoms with Gasteiger partial charge in [0, 0.05) is 12.5 Å². The summed E-state index contributed by atoms with van der Waals surface area (Å²) in [5.41, 5.74) is 0. The van der Waals surface area contributed by atoms with Gasteiger partial charge in [-0.25, -0.2) is 0 Å². The number of hydrogen-bond donors (Lipinski definition) is 0. The molecule has 2 aliphatic carbocycles. The minimum atomic E-state index is 0.202. The normalized spacial score (nSPS) is 31.6. The Morgan fingerprint density at radius 1 is 1.53 bits per heavy atom. The summed E-state index contributed by atoms with van der Waals surface area (Å²) in [4.78, 5) is 13.9. The molecule has 2 heteroatoms. The summed E-state index contributed by atoms with van der Waals surface area (Å²) >= 11 is 0. The van der Waals surface area contributed by atoms with Crippen LogP contribution in [0.4, 0.5) is 0 Å². The quantitative estimate of drug-likeness (QED) is 0.505. The third-order valence-corrected chi connectivity index (χ3v) is 3.57. The summed E-state index contributed by atoms with van der Waals surface area (Å²) in [6.07, 6.45) is 11.9. The predicted molar refractivity (Wildman–Crippen MR) is 59.9 cm³/mol. The summed E-state index contributed by atoms with van der Waals surface area (Å²) in [7, 11) is 0. The van der Waals surface area contributed by atoms with Gasteiger partial charge in [-0.15, -0.1) is 6.42 Å². The summed E-state index contributed by atoms with van der Waals surface area (Å²) < 4.78 is 0. The number of allylic oxidation sites excluding steroid dienone is 2. The van der Waals surface area contributed by atoms with Crippen molar-refractivity contribution in [2.24, 2.45) is 17.8 Å². The SMILES string of the molecule is C#CCN(CC)C(=O)C1CC2C=CC1C2. The van der Waals surface area contributed by atoms with E-state index in [4.69, 9.17) is 6.42 Å². The summed E-state index contributed by atoms with van der Waals surface area (Å²) in [6.45, 7) is 3.16. The topological polar surface area (TPSA) is 20.3 Å². The maximum absolute atomic E-state index is 12.2. The van der Waals surface area contributed by atoms with Crippen LogP contribution in [0.2, 0.25) is 0 Å². The molecule has 0 heterocycles. The molecule has 1 saturated carbocycles. The molecule has 1 amide bonds. The zero-order chi connectivity index (χ0) is 10.8. The van der Waals surface area contributed by atoms with E-state index in [0.29, 0.717) is 18.4 Å². The van der Waals surface area contributed by atoms with Crippen LogP contribution < -0.4 is 0 Å². The highest BCUT2D eigenvalue weighted by atomic mass is 16.2. The molecular weight excluding hydrogens is 186 g/mol. The van der Waals surface area contributed by atoms with E-state index in [9.17, 15) is 4.79 Å². The average Bonchev–Trinajstić information content (AvgIpc) is 2.86. The number of hydrogen-bond acceptors (Lipinski definition) is 1. The molecule has 1 fully saturated rings. The number of rotatable bonds is 3. The average molecular weight is 203 g/mol. The van der Waals surface area contributed by atoms with Crippen LogP contribution in [0.3, 0.4) is 0 Å². The Morgan fingerprint density at radius 3 is 2.80 bits per heavy atom. The fourth-order valence-electron chi connectivity index (χ4n) is 2.75. The molecular formula is C13H17NO. The van der Waals surface area contributed by atoms with Gasteiger partial charge in [-0.3, -0.25) is 4.79 Å². The van der Waals surface area contributed by atoms with Crippen LogP contribution in [0.25, 0.3) is 0 Å². The molecule has 3 unspecified atom stereocenters.